The van der Waals surface area contributed by atoms with Crippen LogP contribution in [0, 0.1) is 5.41 Å². The first-order valence-electron chi connectivity index (χ1n) is 5.03. The van der Waals surface area contributed by atoms with Gasteiger partial charge < -0.3 is 0 Å². The molecule has 0 aromatic rings. The minimum Gasteiger partial charge on any atom is -0.252 e. The van der Waals surface area contributed by atoms with Gasteiger partial charge in [-0.3, -0.25) is 9.47 Å². The number of halogens is 4. The van der Waals surface area contributed by atoms with E-state index in [2.05, 4.69) is 9.47 Å². The average molecular weight is 244 g/mol. The van der Waals surface area contributed by atoms with E-state index in [1.54, 1.807) is 20.8 Å². The number of alkyl halides is 4. The summed E-state index contributed by atoms with van der Waals surface area (Å²) in [7, 11) is 0. The second kappa shape index (κ2) is 3.57. The monoisotopic (exact) mass is 244 g/mol. The van der Waals surface area contributed by atoms with Crippen molar-refractivity contribution in [2.24, 2.45) is 5.41 Å². The van der Waals surface area contributed by atoms with Crippen molar-refractivity contribution in [1.29, 1.82) is 0 Å². The number of hydrogen-bond donors (Lipinski definition) is 0. The van der Waals surface area contributed by atoms with E-state index in [-0.39, 0.29) is 11.8 Å². The maximum atomic E-state index is 13.9. The molecule has 1 aliphatic heterocycles. The van der Waals surface area contributed by atoms with Crippen molar-refractivity contribution in [2.45, 2.75) is 58.5 Å². The Balaban J connectivity index is 2.77. The third-order valence-electron chi connectivity index (χ3n) is 2.45. The fourth-order valence-electron chi connectivity index (χ4n) is 1.41. The molecule has 96 valence electrons. The molecule has 16 heavy (non-hydrogen) atoms. The predicted molar refractivity (Wildman–Crippen MR) is 49.2 cm³/mol. The zero-order chi connectivity index (χ0) is 12.8. The van der Waals surface area contributed by atoms with E-state index >= 15 is 0 Å². The summed E-state index contributed by atoms with van der Waals surface area (Å²) in [6.07, 6.45) is -4.50. The molecule has 1 saturated heterocycles. The molecule has 0 aromatic carbocycles. The van der Waals surface area contributed by atoms with E-state index in [4.69, 9.17) is 0 Å². The number of rotatable bonds is 2. The smallest absolute Gasteiger partial charge is 0.252 e. The van der Waals surface area contributed by atoms with Crippen LogP contribution in [0.1, 0.15) is 40.5 Å². The molecule has 1 fully saturated rings. The van der Waals surface area contributed by atoms with Crippen molar-refractivity contribution in [3.63, 3.8) is 0 Å². The molecule has 2 unspecified atom stereocenters. The third-order valence-corrected chi connectivity index (χ3v) is 2.45. The maximum Gasteiger partial charge on any atom is 0.491 e. The van der Waals surface area contributed by atoms with Gasteiger partial charge in [0.05, 0.1) is 0 Å². The van der Waals surface area contributed by atoms with Crippen molar-refractivity contribution in [3.8, 4) is 0 Å². The number of hydrogen-bond acceptors (Lipinski definition) is 2. The van der Waals surface area contributed by atoms with Crippen LogP contribution in [0.2, 0.25) is 0 Å². The fourth-order valence-corrected chi connectivity index (χ4v) is 1.41. The molecule has 2 atom stereocenters. The fraction of sp³-hybridized carbons (Fsp3) is 1.00. The summed E-state index contributed by atoms with van der Waals surface area (Å²) in [6.45, 7) is 5.98. The van der Waals surface area contributed by atoms with Crippen LogP contribution in [0.25, 0.3) is 0 Å². The summed E-state index contributed by atoms with van der Waals surface area (Å²) in [5.41, 5.74) is -0.309. The first-order chi connectivity index (χ1) is 6.87. The molecule has 0 spiro atoms. The Morgan fingerprint density at radius 1 is 1.00 bits per heavy atom. The van der Waals surface area contributed by atoms with E-state index in [9.17, 15) is 17.6 Å². The van der Waals surface area contributed by atoms with Crippen LogP contribution in [0.5, 0.6) is 0 Å². The zero-order valence-corrected chi connectivity index (χ0v) is 9.74. The van der Waals surface area contributed by atoms with E-state index in [0.717, 1.165) is 0 Å². The highest BCUT2D eigenvalue weighted by Gasteiger charge is 2.68. The van der Waals surface area contributed by atoms with Crippen molar-refractivity contribution < 1.29 is 27.0 Å². The van der Waals surface area contributed by atoms with Gasteiger partial charge in [0.15, 0.2) is 0 Å². The lowest BCUT2D eigenvalue weighted by atomic mass is 9.87. The van der Waals surface area contributed by atoms with Crippen LogP contribution in [0.3, 0.4) is 0 Å². The summed E-state index contributed by atoms with van der Waals surface area (Å²) in [4.78, 5) is 0. The Labute approximate surface area is 91.9 Å². The van der Waals surface area contributed by atoms with Crippen LogP contribution in [0.4, 0.5) is 17.6 Å². The summed E-state index contributed by atoms with van der Waals surface area (Å²) >= 11 is 0. The summed E-state index contributed by atoms with van der Waals surface area (Å²) in [5.74, 6) is -6.24. The average Bonchev–Trinajstić information content (AvgIpc) is 2.11. The van der Waals surface area contributed by atoms with Crippen molar-refractivity contribution in [3.05, 3.63) is 0 Å². The molecular weight excluding hydrogens is 228 g/mol. The van der Waals surface area contributed by atoms with Crippen LogP contribution < -0.4 is 0 Å². The SMILES string of the molecule is CC(C)(C)CCC1(F)OC(F)(F)OC1(C)F. The highest BCUT2D eigenvalue weighted by atomic mass is 19.3. The molecule has 1 aliphatic rings. The van der Waals surface area contributed by atoms with Gasteiger partial charge in [-0.15, -0.1) is 8.78 Å². The van der Waals surface area contributed by atoms with E-state index < -0.39 is 24.4 Å². The maximum absolute atomic E-state index is 13.9. The molecule has 0 amide bonds. The lowest BCUT2D eigenvalue weighted by Crippen LogP contribution is -2.42. The van der Waals surface area contributed by atoms with Crippen LogP contribution in [-0.4, -0.2) is 18.0 Å². The molecule has 0 aromatic heterocycles. The molecule has 1 rings (SSSR count). The van der Waals surface area contributed by atoms with Crippen molar-refractivity contribution in [1.82, 2.24) is 0 Å². The van der Waals surface area contributed by atoms with Crippen molar-refractivity contribution in [2.75, 3.05) is 0 Å². The van der Waals surface area contributed by atoms with Gasteiger partial charge in [0, 0.05) is 13.3 Å². The Hall–Kier alpha value is -0.360. The van der Waals surface area contributed by atoms with Gasteiger partial charge >= 0.3 is 6.29 Å². The summed E-state index contributed by atoms with van der Waals surface area (Å²) in [6, 6.07) is 0. The first kappa shape index (κ1) is 13.7. The standard InChI is InChI=1S/C10H16F4O2/c1-7(2,3)5-6-9(12)8(4,11)15-10(13,14)16-9/h5-6H2,1-4H3. The Morgan fingerprint density at radius 2 is 1.50 bits per heavy atom. The molecule has 0 radical (unpaired) electrons. The lowest BCUT2D eigenvalue weighted by molar-refractivity contribution is -0.375. The van der Waals surface area contributed by atoms with Gasteiger partial charge in [-0.25, -0.2) is 8.78 Å². The van der Waals surface area contributed by atoms with Gasteiger partial charge in [-0.05, 0) is 11.8 Å². The van der Waals surface area contributed by atoms with Gasteiger partial charge in [0.1, 0.15) is 0 Å². The molecule has 2 nitrogen and oxygen atoms in total. The predicted octanol–water partition coefficient (Wildman–Crippen LogP) is 3.76. The highest BCUT2D eigenvalue weighted by Crippen LogP contribution is 2.50. The van der Waals surface area contributed by atoms with Crippen LogP contribution in [-0.2, 0) is 9.47 Å². The minimum atomic E-state index is -4.21. The summed E-state index contributed by atoms with van der Waals surface area (Å²) < 4.78 is 60.1. The van der Waals surface area contributed by atoms with Crippen LogP contribution >= 0.6 is 0 Å². The minimum absolute atomic E-state index is 0.197. The molecule has 0 saturated carbocycles. The Bertz CT molecular complexity index is 272. The first-order valence-corrected chi connectivity index (χ1v) is 5.03. The van der Waals surface area contributed by atoms with Crippen molar-refractivity contribution >= 4 is 0 Å². The molecular formula is C10H16F4O2. The zero-order valence-electron chi connectivity index (χ0n) is 9.74. The van der Waals surface area contributed by atoms with Gasteiger partial charge in [-0.2, -0.15) is 0 Å². The van der Waals surface area contributed by atoms with Crippen LogP contribution in [0.15, 0.2) is 0 Å². The largest absolute Gasteiger partial charge is 0.491 e. The second-order valence-electron chi connectivity index (χ2n) is 5.37. The van der Waals surface area contributed by atoms with E-state index in [1.165, 1.54) is 0 Å². The lowest BCUT2D eigenvalue weighted by Gasteiger charge is -2.28. The number of ether oxygens (including phenoxy) is 2. The molecule has 6 heteroatoms. The molecule has 0 aliphatic carbocycles. The Kier molecular flexibility index (Phi) is 3.05. The topological polar surface area (TPSA) is 18.5 Å². The molecule has 0 bridgehead atoms. The molecule has 0 N–H and O–H groups in total. The van der Waals surface area contributed by atoms with E-state index in [1.807, 2.05) is 0 Å². The van der Waals surface area contributed by atoms with Gasteiger partial charge in [0.25, 0.3) is 11.7 Å². The third kappa shape index (κ3) is 2.85. The Morgan fingerprint density at radius 3 is 1.81 bits per heavy atom. The molecule has 1 heterocycles. The highest BCUT2D eigenvalue weighted by molar-refractivity contribution is 4.89. The van der Waals surface area contributed by atoms with E-state index in [0.29, 0.717) is 6.92 Å². The normalized spacial score (nSPS) is 39.0. The summed E-state index contributed by atoms with van der Waals surface area (Å²) in [5, 5.41) is 0. The second-order valence-corrected chi connectivity index (χ2v) is 5.37. The van der Waals surface area contributed by atoms with Gasteiger partial charge in [-0.1, -0.05) is 20.8 Å². The quantitative estimate of drug-likeness (QED) is 0.688. The van der Waals surface area contributed by atoms with Gasteiger partial charge in [0.2, 0.25) is 0 Å².